The minimum atomic E-state index is -3.72. The monoisotopic (exact) mass is 407 g/mol. The van der Waals surface area contributed by atoms with Gasteiger partial charge in [-0.25, -0.2) is 9.18 Å². The van der Waals surface area contributed by atoms with Crippen LogP contribution in [0.1, 0.15) is 40.5 Å². The fraction of sp³-hybridized carbons (Fsp3) is 0.812. The third kappa shape index (κ3) is 4.68. The van der Waals surface area contributed by atoms with Gasteiger partial charge in [-0.2, -0.15) is 4.39 Å². The van der Waals surface area contributed by atoms with Gasteiger partial charge in [0.05, 0.1) is 19.6 Å². The molecular weight excluding hydrogens is 384 g/mol. The van der Waals surface area contributed by atoms with Crippen LogP contribution >= 0.6 is 0 Å². The second kappa shape index (κ2) is 9.16. The number of carbonyl (C=O) groups is 3. The van der Waals surface area contributed by atoms with Crippen LogP contribution in [-0.4, -0.2) is 55.0 Å². The van der Waals surface area contributed by atoms with Gasteiger partial charge in [-0.15, -0.1) is 0 Å². The number of methoxy groups -OCH3 is 1. The van der Waals surface area contributed by atoms with Gasteiger partial charge in [0, 0.05) is 24.7 Å². The molecule has 1 fully saturated rings. The first-order valence-electron chi connectivity index (χ1n) is 8.49. The van der Waals surface area contributed by atoms with Gasteiger partial charge in [-0.1, -0.05) is 19.0 Å². The zero-order chi connectivity index (χ0) is 21.7. The number of carbonyl (C=O) groups excluding carboxylic acids is 3. The molecule has 12 heteroatoms. The van der Waals surface area contributed by atoms with Gasteiger partial charge in [-0.05, 0) is 12.0 Å². The van der Waals surface area contributed by atoms with E-state index in [1.165, 1.54) is 6.92 Å². The highest BCUT2D eigenvalue weighted by Gasteiger charge is 2.67. The summed E-state index contributed by atoms with van der Waals surface area (Å²) in [7, 11) is 0.807. The second-order valence-electron chi connectivity index (χ2n) is 6.37. The number of hydrogen-bond donors (Lipinski definition) is 0. The summed E-state index contributed by atoms with van der Waals surface area (Å²) in [4.78, 5) is 37.5. The smallest absolute Gasteiger partial charge is 0.375 e. The lowest BCUT2D eigenvalue weighted by Crippen LogP contribution is -2.67. The molecule has 0 radical (unpaired) electrons. The molecular formula is C16H23F2N3O7. The van der Waals surface area contributed by atoms with E-state index in [4.69, 9.17) is 19.7 Å². The molecule has 0 aromatic rings. The first-order valence-corrected chi connectivity index (χ1v) is 8.49. The summed E-state index contributed by atoms with van der Waals surface area (Å²) < 4.78 is 49.7. The van der Waals surface area contributed by atoms with Crippen molar-refractivity contribution >= 4 is 17.9 Å². The summed E-state index contributed by atoms with van der Waals surface area (Å²) >= 11 is 0. The summed E-state index contributed by atoms with van der Waals surface area (Å²) in [5.41, 5.74) is 8.75. The second-order valence-corrected chi connectivity index (χ2v) is 6.37. The Hall–Kier alpha value is -2.46. The molecule has 0 aromatic heterocycles. The molecule has 1 heterocycles. The molecule has 6 atom stereocenters. The van der Waals surface area contributed by atoms with Crippen molar-refractivity contribution in [1.29, 1.82) is 0 Å². The van der Waals surface area contributed by atoms with Crippen molar-refractivity contribution in [1.82, 2.24) is 0 Å². The van der Waals surface area contributed by atoms with Crippen LogP contribution in [0.5, 0.6) is 0 Å². The molecule has 1 saturated heterocycles. The molecule has 1 aliphatic heterocycles. The molecule has 5 unspecified atom stereocenters. The van der Waals surface area contributed by atoms with Crippen molar-refractivity contribution < 1.29 is 42.1 Å². The van der Waals surface area contributed by atoms with Crippen LogP contribution in [-0.2, 0) is 33.3 Å². The van der Waals surface area contributed by atoms with E-state index in [1.54, 1.807) is 6.92 Å². The highest BCUT2D eigenvalue weighted by Crippen LogP contribution is 2.47. The Morgan fingerprint density at radius 2 is 1.93 bits per heavy atom. The molecule has 1 aliphatic rings. The average Bonchev–Trinajstić information content (AvgIpc) is 2.61. The summed E-state index contributed by atoms with van der Waals surface area (Å²) in [5, 5.41) is 3.23. The SMILES string of the molecule is CC[C@H](CC1(OC(C)=O)OC(F)(C(=O)OC)C(F)C(N=[N+]=[N-])C1C)OC(C)=O. The van der Waals surface area contributed by atoms with Gasteiger partial charge in [0.1, 0.15) is 6.10 Å². The average molecular weight is 407 g/mol. The van der Waals surface area contributed by atoms with Gasteiger partial charge in [0.2, 0.25) is 5.79 Å². The highest BCUT2D eigenvalue weighted by atomic mass is 19.2. The van der Waals surface area contributed by atoms with Crippen molar-refractivity contribution in [3.05, 3.63) is 10.4 Å². The topological polar surface area (TPSA) is 137 Å². The van der Waals surface area contributed by atoms with Crippen molar-refractivity contribution in [3.8, 4) is 0 Å². The van der Waals surface area contributed by atoms with E-state index in [9.17, 15) is 18.8 Å². The predicted octanol–water partition coefficient (Wildman–Crippen LogP) is 2.50. The number of ether oxygens (including phenoxy) is 4. The van der Waals surface area contributed by atoms with Crippen LogP contribution in [0.2, 0.25) is 0 Å². The molecule has 1 rings (SSSR count). The lowest BCUT2D eigenvalue weighted by Gasteiger charge is -2.50. The first kappa shape index (κ1) is 23.6. The predicted molar refractivity (Wildman–Crippen MR) is 88.9 cm³/mol. The molecule has 158 valence electrons. The molecule has 0 N–H and O–H groups in total. The minimum Gasteiger partial charge on any atom is -0.465 e. The van der Waals surface area contributed by atoms with Crippen molar-refractivity contribution in [2.24, 2.45) is 11.0 Å². The van der Waals surface area contributed by atoms with Crippen molar-refractivity contribution in [3.63, 3.8) is 0 Å². The van der Waals surface area contributed by atoms with E-state index in [0.717, 1.165) is 21.0 Å². The Bertz CT molecular complexity index is 673. The number of azide groups is 1. The van der Waals surface area contributed by atoms with E-state index >= 15 is 4.39 Å². The largest absolute Gasteiger partial charge is 0.465 e. The van der Waals surface area contributed by atoms with Gasteiger partial charge in [0.25, 0.3) is 0 Å². The first-order chi connectivity index (χ1) is 13.0. The lowest BCUT2D eigenvalue weighted by molar-refractivity contribution is -0.370. The Kier molecular flexibility index (Phi) is 7.71. The van der Waals surface area contributed by atoms with E-state index in [2.05, 4.69) is 14.8 Å². The Morgan fingerprint density at radius 3 is 2.36 bits per heavy atom. The van der Waals surface area contributed by atoms with Gasteiger partial charge in [-0.3, -0.25) is 14.3 Å². The standard InChI is InChI=1S/C16H23F2N3O7/c1-6-11(26-9(3)22)7-15(27-10(4)23)8(2)12(20-21-19)13(17)16(18,28-15)14(24)25-5/h8,11-13H,6-7H2,1-5H3/t8?,11-,12?,13?,15?,16?/m1/s1. The maximum absolute atomic E-state index is 15.3. The Balaban J connectivity index is 3.55. The van der Waals surface area contributed by atoms with Crippen LogP contribution in [0.3, 0.4) is 0 Å². The van der Waals surface area contributed by atoms with Crippen LogP contribution in [0, 0.1) is 5.92 Å². The molecule has 0 aliphatic carbocycles. The fourth-order valence-corrected chi connectivity index (χ4v) is 3.09. The number of hydrogen-bond acceptors (Lipinski definition) is 8. The van der Waals surface area contributed by atoms with E-state index in [1.807, 2.05) is 0 Å². The molecule has 0 aromatic carbocycles. The highest BCUT2D eigenvalue weighted by molar-refractivity contribution is 5.79. The summed E-state index contributed by atoms with van der Waals surface area (Å²) in [6.45, 7) is 5.06. The third-order valence-corrected chi connectivity index (χ3v) is 4.45. The van der Waals surface area contributed by atoms with E-state index < -0.39 is 60.2 Å². The maximum atomic E-state index is 15.3. The van der Waals surface area contributed by atoms with Crippen LogP contribution in [0.4, 0.5) is 8.78 Å². The zero-order valence-electron chi connectivity index (χ0n) is 16.2. The summed E-state index contributed by atoms with van der Waals surface area (Å²) in [6, 6.07) is -1.78. The molecule has 0 saturated carbocycles. The minimum absolute atomic E-state index is 0.210. The normalized spacial score (nSPS) is 33.2. The number of alkyl halides is 2. The Morgan fingerprint density at radius 1 is 1.32 bits per heavy atom. The summed E-state index contributed by atoms with van der Waals surface area (Å²) in [5.74, 6) is -10.6. The molecule has 10 nitrogen and oxygen atoms in total. The van der Waals surface area contributed by atoms with Crippen molar-refractivity contribution in [2.45, 2.75) is 70.5 Å². The van der Waals surface area contributed by atoms with Crippen LogP contribution in [0.25, 0.3) is 10.4 Å². The molecule has 28 heavy (non-hydrogen) atoms. The molecule has 0 bridgehead atoms. The summed E-state index contributed by atoms with van der Waals surface area (Å²) in [6.07, 6.45) is -3.88. The van der Waals surface area contributed by atoms with E-state index in [0.29, 0.717) is 0 Å². The Labute approximate surface area is 160 Å². The van der Waals surface area contributed by atoms with Gasteiger partial charge >= 0.3 is 23.8 Å². The quantitative estimate of drug-likeness (QED) is 0.208. The molecule has 0 spiro atoms. The third-order valence-electron chi connectivity index (χ3n) is 4.45. The van der Waals surface area contributed by atoms with Gasteiger partial charge < -0.3 is 14.2 Å². The van der Waals surface area contributed by atoms with E-state index in [-0.39, 0.29) is 6.42 Å². The van der Waals surface area contributed by atoms with Crippen molar-refractivity contribution in [2.75, 3.05) is 7.11 Å². The fourth-order valence-electron chi connectivity index (χ4n) is 3.09. The number of nitrogens with zero attached hydrogens (tertiary/aromatic N) is 3. The lowest BCUT2D eigenvalue weighted by atomic mass is 9.80. The van der Waals surface area contributed by atoms with Gasteiger partial charge in [0.15, 0.2) is 6.17 Å². The zero-order valence-corrected chi connectivity index (χ0v) is 16.2. The molecule has 0 amide bonds. The maximum Gasteiger partial charge on any atom is 0.375 e. The number of halogens is 2. The number of esters is 3. The van der Waals surface area contributed by atoms with Crippen LogP contribution < -0.4 is 0 Å². The van der Waals surface area contributed by atoms with Crippen LogP contribution in [0.15, 0.2) is 5.11 Å². The number of rotatable bonds is 7.